The van der Waals surface area contributed by atoms with Gasteiger partial charge in [0.15, 0.2) is 0 Å². The highest BCUT2D eigenvalue weighted by atomic mass is 19.1. The number of aryl methyl sites for hydroxylation is 1. The van der Waals surface area contributed by atoms with Gasteiger partial charge in [-0.15, -0.1) is 0 Å². The van der Waals surface area contributed by atoms with Gasteiger partial charge < -0.3 is 14.5 Å². The SMILES string of the molecule is Cc1cc(F)ccc1CC(=O)N1CCC2(CC1)CN(c1ccccc1)C(=O)CO2. The molecule has 6 heteroatoms. The number of morpholine rings is 1. The Balaban J connectivity index is 1.39. The molecule has 2 fully saturated rings. The van der Waals surface area contributed by atoms with Gasteiger partial charge >= 0.3 is 0 Å². The summed E-state index contributed by atoms with van der Waals surface area (Å²) in [5.74, 6) is -0.279. The molecule has 2 amide bonds. The Morgan fingerprint density at radius 1 is 1.14 bits per heavy atom. The van der Waals surface area contributed by atoms with Crippen LogP contribution in [0.3, 0.4) is 0 Å². The van der Waals surface area contributed by atoms with Crippen LogP contribution in [-0.4, -0.2) is 48.6 Å². The number of hydrogen-bond donors (Lipinski definition) is 0. The first kappa shape index (κ1) is 19.6. The molecule has 29 heavy (non-hydrogen) atoms. The standard InChI is InChI=1S/C23H25FN2O3/c1-17-13-19(24)8-7-18(17)14-21(27)25-11-9-23(10-12-25)16-26(22(28)15-29-23)20-5-3-2-4-6-20/h2-8,13H,9-12,14-16H2,1H3. The van der Waals surface area contributed by atoms with Crippen LogP contribution in [-0.2, 0) is 20.7 Å². The predicted octanol–water partition coefficient (Wildman–Crippen LogP) is 3.10. The molecule has 2 aliphatic rings. The van der Waals surface area contributed by atoms with E-state index in [0.29, 0.717) is 32.5 Å². The van der Waals surface area contributed by atoms with E-state index in [4.69, 9.17) is 4.74 Å². The second-order valence-electron chi connectivity index (χ2n) is 7.92. The maximum atomic E-state index is 13.3. The summed E-state index contributed by atoms with van der Waals surface area (Å²) in [6, 6.07) is 14.2. The molecule has 0 atom stereocenters. The lowest BCUT2D eigenvalue weighted by atomic mass is 9.88. The molecule has 0 unspecified atom stereocenters. The summed E-state index contributed by atoms with van der Waals surface area (Å²) in [6.45, 7) is 3.58. The molecule has 0 bridgehead atoms. The van der Waals surface area contributed by atoms with Gasteiger partial charge in [-0.1, -0.05) is 24.3 Å². The van der Waals surface area contributed by atoms with Crippen LogP contribution in [0, 0.1) is 12.7 Å². The van der Waals surface area contributed by atoms with Crippen molar-refractivity contribution in [3.8, 4) is 0 Å². The Morgan fingerprint density at radius 3 is 2.55 bits per heavy atom. The molecular weight excluding hydrogens is 371 g/mol. The zero-order chi connectivity index (χ0) is 20.4. The number of amides is 2. The number of likely N-dealkylation sites (tertiary alicyclic amines) is 1. The van der Waals surface area contributed by atoms with E-state index < -0.39 is 5.60 Å². The summed E-state index contributed by atoms with van der Waals surface area (Å²) in [4.78, 5) is 28.7. The number of piperidine rings is 1. The Labute approximate surface area is 170 Å². The largest absolute Gasteiger partial charge is 0.363 e. The van der Waals surface area contributed by atoms with Gasteiger partial charge in [-0.2, -0.15) is 0 Å². The third-order valence-corrected chi connectivity index (χ3v) is 5.99. The van der Waals surface area contributed by atoms with Gasteiger partial charge in [-0.25, -0.2) is 4.39 Å². The van der Waals surface area contributed by atoms with E-state index in [1.54, 1.807) is 11.0 Å². The topological polar surface area (TPSA) is 49.9 Å². The molecule has 152 valence electrons. The van der Waals surface area contributed by atoms with Gasteiger partial charge in [0.1, 0.15) is 12.4 Å². The van der Waals surface area contributed by atoms with Gasteiger partial charge in [-0.3, -0.25) is 9.59 Å². The molecule has 0 saturated carbocycles. The molecule has 0 radical (unpaired) electrons. The van der Waals surface area contributed by atoms with E-state index in [0.717, 1.165) is 16.8 Å². The summed E-state index contributed by atoms with van der Waals surface area (Å²) in [6.07, 6.45) is 1.66. The number of carbonyl (C=O) groups is 2. The van der Waals surface area contributed by atoms with Crippen LogP contribution in [0.25, 0.3) is 0 Å². The number of rotatable bonds is 3. The van der Waals surface area contributed by atoms with E-state index >= 15 is 0 Å². The van der Waals surface area contributed by atoms with Crippen LogP contribution in [0.15, 0.2) is 48.5 Å². The average molecular weight is 396 g/mol. The zero-order valence-corrected chi connectivity index (χ0v) is 16.6. The van der Waals surface area contributed by atoms with Crippen LogP contribution in [0.4, 0.5) is 10.1 Å². The number of anilines is 1. The number of halogens is 1. The minimum atomic E-state index is -0.410. The van der Waals surface area contributed by atoms with Crippen LogP contribution in [0.2, 0.25) is 0 Å². The third kappa shape index (κ3) is 4.17. The molecule has 0 aliphatic carbocycles. The molecule has 2 aliphatic heterocycles. The first-order valence-corrected chi connectivity index (χ1v) is 9.98. The van der Waals surface area contributed by atoms with E-state index in [9.17, 15) is 14.0 Å². The fourth-order valence-corrected chi connectivity index (χ4v) is 4.16. The highest BCUT2D eigenvalue weighted by Gasteiger charge is 2.43. The van der Waals surface area contributed by atoms with Crippen molar-refractivity contribution in [3.63, 3.8) is 0 Å². The van der Waals surface area contributed by atoms with Gasteiger partial charge in [0, 0.05) is 18.8 Å². The van der Waals surface area contributed by atoms with Crippen molar-refractivity contribution in [2.24, 2.45) is 0 Å². The smallest absolute Gasteiger partial charge is 0.253 e. The first-order valence-electron chi connectivity index (χ1n) is 9.98. The summed E-state index contributed by atoms with van der Waals surface area (Å²) in [5, 5.41) is 0. The van der Waals surface area contributed by atoms with Crippen molar-refractivity contribution in [1.29, 1.82) is 0 Å². The minimum Gasteiger partial charge on any atom is -0.363 e. The Kier molecular flexibility index (Phi) is 5.37. The first-order chi connectivity index (χ1) is 14.0. The van der Waals surface area contributed by atoms with Crippen LogP contribution in [0.1, 0.15) is 24.0 Å². The predicted molar refractivity (Wildman–Crippen MR) is 108 cm³/mol. The Morgan fingerprint density at radius 2 is 1.86 bits per heavy atom. The van der Waals surface area contributed by atoms with Crippen LogP contribution in [0.5, 0.6) is 0 Å². The van der Waals surface area contributed by atoms with Crippen LogP contribution >= 0.6 is 0 Å². The molecule has 1 spiro atoms. The van der Waals surface area contributed by atoms with Gasteiger partial charge in [0.25, 0.3) is 5.91 Å². The maximum Gasteiger partial charge on any atom is 0.253 e. The molecule has 4 rings (SSSR count). The number of hydrogen-bond acceptors (Lipinski definition) is 3. The van der Waals surface area contributed by atoms with E-state index in [1.165, 1.54) is 12.1 Å². The summed E-state index contributed by atoms with van der Waals surface area (Å²) in [7, 11) is 0. The van der Waals surface area contributed by atoms with Crippen molar-refractivity contribution in [1.82, 2.24) is 4.90 Å². The van der Waals surface area contributed by atoms with Crippen molar-refractivity contribution >= 4 is 17.5 Å². The molecule has 2 aromatic carbocycles. The number of carbonyl (C=O) groups excluding carboxylic acids is 2. The molecule has 5 nitrogen and oxygen atoms in total. The lowest BCUT2D eigenvalue weighted by Gasteiger charge is -2.47. The van der Waals surface area contributed by atoms with Crippen molar-refractivity contribution < 1.29 is 18.7 Å². The number of ether oxygens (including phenoxy) is 1. The fraction of sp³-hybridized carbons (Fsp3) is 0.391. The number of para-hydroxylation sites is 1. The molecule has 2 aromatic rings. The number of benzene rings is 2. The van der Waals surface area contributed by atoms with Crippen molar-refractivity contribution in [2.45, 2.75) is 31.8 Å². The monoisotopic (exact) mass is 396 g/mol. The zero-order valence-electron chi connectivity index (χ0n) is 16.6. The quantitative estimate of drug-likeness (QED) is 0.801. The van der Waals surface area contributed by atoms with Gasteiger partial charge in [-0.05, 0) is 55.2 Å². The highest BCUT2D eigenvalue weighted by Crippen LogP contribution is 2.33. The number of nitrogens with zero attached hydrogens (tertiary/aromatic N) is 2. The lowest BCUT2D eigenvalue weighted by Crippen LogP contribution is -2.59. The second kappa shape index (κ2) is 7.95. The second-order valence-corrected chi connectivity index (χ2v) is 7.92. The van der Waals surface area contributed by atoms with Crippen molar-refractivity contribution in [2.75, 3.05) is 31.1 Å². The summed E-state index contributed by atoms with van der Waals surface area (Å²) in [5.41, 5.74) is 2.11. The summed E-state index contributed by atoms with van der Waals surface area (Å²) >= 11 is 0. The average Bonchev–Trinajstić information content (AvgIpc) is 2.73. The lowest BCUT2D eigenvalue weighted by molar-refractivity contribution is -0.150. The molecule has 2 saturated heterocycles. The molecule has 2 heterocycles. The maximum absolute atomic E-state index is 13.3. The normalized spacial score (nSPS) is 18.9. The third-order valence-electron chi connectivity index (χ3n) is 5.99. The van der Waals surface area contributed by atoms with E-state index in [1.807, 2.05) is 42.2 Å². The van der Waals surface area contributed by atoms with E-state index in [-0.39, 0.29) is 30.7 Å². The van der Waals surface area contributed by atoms with Crippen LogP contribution < -0.4 is 4.90 Å². The van der Waals surface area contributed by atoms with E-state index in [2.05, 4.69) is 0 Å². The molecule has 0 N–H and O–H groups in total. The molecular formula is C23H25FN2O3. The Hall–Kier alpha value is -2.73. The fourth-order valence-electron chi connectivity index (χ4n) is 4.16. The molecule has 0 aromatic heterocycles. The minimum absolute atomic E-state index is 0.0351. The van der Waals surface area contributed by atoms with Crippen molar-refractivity contribution in [3.05, 3.63) is 65.5 Å². The highest BCUT2D eigenvalue weighted by molar-refractivity contribution is 5.95. The summed E-state index contributed by atoms with van der Waals surface area (Å²) < 4.78 is 19.3. The van der Waals surface area contributed by atoms with Gasteiger partial charge in [0.05, 0.1) is 18.6 Å². The Bertz CT molecular complexity index is 908. The van der Waals surface area contributed by atoms with Gasteiger partial charge in [0.2, 0.25) is 5.91 Å².